The molecule has 3 aromatic rings. The number of anilines is 1. The van der Waals surface area contributed by atoms with Crippen LogP contribution < -0.4 is 4.31 Å². The summed E-state index contributed by atoms with van der Waals surface area (Å²) in [6.45, 7) is 0.173. The van der Waals surface area contributed by atoms with Gasteiger partial charge in [0, 0.05) is 6.21 Å². The second kappa shape index (κ2) is 8.57. The van der Waals surface area contributed by atoms with Crippen LogP contribution in [0.4, 0.5) is 5.69 Å². The fourth-order valence-electron chi connectivity index (χ4n) is 2.43. The van der Waals surface area contributed by atoms with Crippen LogP contribution in [0.15, 0.2) is 83.3 Å². The van der Waals surface area contributed by atoms with Gasteiger partial charge in [0.05, 0.1) is 22.3 Å². The monoisotopic (exact) mass is 418 g/mol. The van der Waals surface area contributed by atoms with Crippen molar-refractivity contribution in [1.29, 1.82) is 0 Å². The quantitative estimate of drug-likeness (QED) is 0.505. The fourth-order valence-corrected chi connectivity index (χ4v) is 3.80. The average molecular weight is 419 g/mol. The van der Waals surface area contributed by atoms with Crippen LogP contribution in [0.2, 0.25) is 10.0 Å². The number of halogens is 2. The van der Waals surface area contributed by atoms with E-state index in [9.17, 15) is 8.42 Å². The van der Waals surface area contributed by atoms with E-state index in [1.807, 2.05) is 36.4 Å². The molecule has 4 nitrogen and oxygen atoms in total. The lowest BCUT2D eigenvalue weighted by Gasteiger charge is -2.22. The third-order valence-electron chi connectivity index (χ3n) is 3.77. The lowest BCUT2D eigenvalue weighted by atomic mass is 10.2. The minimum atomic E-state index is -3.97. The molecule has 138 valence electrons. The summed E-state index contributed by atoms with van der Waals surface area (Å²) in [5.74, 6) is 0. The highest BCUT2D eigenvalue weighted by Crippen LogP contribution is 2.23. The molecule has 0 saturated carbocycles. The first kappa shape index (κ1) is 19.4. The Hall–Kier alpha value is -2.34. The second-order valence-corrected chi connectivity index (χ2v) is 8.08. The van der Waals surface area contributed by atoms with Crippen LogP contribution in [0, 0.1) is 0 Å². The van der Waals surface area contributed by atoms with Crippen molar-refractivity contribution in [2.45, 2.75) is 6.54 Å². The molecule has 3 aromatic carbocycles. The molecule has 0 amide bonds. The Kier molecular flexibility index (Phi) is 6.16. The summed E-state index contributed by atoms with van der Waals surface area (Å²) in [4.78, 5) is 0. The van der Waals surface area contributed by atoms with E-state index >= 15 is 0 Å². The maximum absolute atomic E-state index is 12.9. The van der Waals surface area contributed by atoms with Gasteiger partial charge in [-0.05, 0) is 35.4 Å². The number of hydrogen-bond acceptors (Lipinski definition) is 2. The van der Waals surface area contributed by atoms with Crippen molar-refractivity contribution < 1.29 is 8.42 Å². The summed E-state index contributed by atoms with van der Waals surface area (Å²) >= 11 is 11.9. The van der Waals surface area contributed by atoms with Crippen molar-refractivity contribution in [3.05, 3.63) is 100 Å². The average Bonchev–Trinajstić information content (AvgIpc) is 2.68. The molecule has 27 heavy (non-hydrogen) atoms. The van der Waals surface area contributed by atoms with Crippen LogP contribution in [-0.2, 0) is 16.8 Å². The van der Waals surface area contributed by atoms with Crippen LogP contribution in [0.25, 0.3) is 0 Å². The van der Waals surface area contributed by atoms with Crippen LogP contribution in [0.1, 0.15) is 11.1 Å². The zero-order valence-corrected chi connectivity index (χ0v) is 16.5. The molecule has 0 bridgehead atoms. The highest BCUT2D eigenvalue weighted by Gasteiger charge is 2.21. The fraction of sp³-hybridized carbons (Fsp3) is 0.0500. The molecule has 0 aromatic heterocycles. The van der Waals surface area contributed by atoms with Crippen molar-refractivity contribution in [3.8, 4) is 0 Å². The molecule has 0 aliphatic rings. The molecular formula is C20H16Cl2N2O2S. The summed E-state index contributed by atoms with van der Waals surface area (Å²) < 4.78 is 31.0. The molecular weight excluding hydrogens is 403 g/mol. The number of rotatable bonds is 6. The summed E-state index contributed by atoms with van der Waals surface area (Å²) in [6, 6.07) is 23.0. The molecule has 0 unspecified atom stereocenters. The van der Waals surface area contributed by atoms with Gasteiger partial charge in [0.15, 0.2) is 0 Å². The number of benzene rings is 3. The molecule has 0 atom stereocenters. The van der Waals surface area contributed by atoms with Crippen molar-refractivity contribution in [3.63, 3.8) is 0 Å². The van der Waals surface area contributed by atoms with E-state index in [1.165, 1.54) is 10.5 Å². The first-order chi connectivity index (χ1) is 13.0. The molecule has 0 aliphatic carbocycles. The minimum Gasteiger partial charge on any atom is -0.248 e. The van der Waals surface area contributed by atoms with Crippen LogP contribution in [-0.4, -0.2) is 14.6 Å². The van der Waals surface area contributed by atoms with E-state index in [-0.39, 0.29) is 6.54 Å². The van der Waals surface area contributed by atoms with E-state index in [2.05, 4.69) is 4.40 Å². The van der Waals surface area contributed by atoms with Gasteiger partial charge in [-0.2, -0.15) is 12.8 Å². The lowest BCUT2D eigenvalue weighted by molar-refractivity contribution is 0.592. The predicted molar refractivity (Wildman–Crippen MR) is 112 cm³/mol. The van der Waals surface area contributed by atoms with Crippen molar-refractivity contribution >= 4 is 45.3 Å². The predicted octanol–water partition coefficient (Wildman–Crippen LogP) is 5.36. The van der Waals surface area contributed by atoms with Gasteiger partial charge in [0.25, 0.3) is 0 Å². The Morgan fingerprint density at radius 1 is 0.852 bits per heavy atom. The van der Waals surface area contributed by atoms with E-state index in [4.69, 9.17) is 23.2 Å². The molecule has 0 saturated heterocycles. The molecule has 7 heteroatoms. The highest BCUT2D eigenvalue weighted by atomic mass is 35.5. The molecule has 0 fully saturated rings. The topological polar surface area (TPSA) is 49.7 Å². The summed E-state index contributed by atoms with van der Waals surface area (Å²) in [6.07, 6.45) is 1.26. The first-order valence-corrected chi connectivity index (χ1v) is 10.2. The van der Waals surface area contributed by atoms with Crippen LogP contribution >= 0.6 is 23.2 Å². The Morgan fingerprint density at radius 3 is 2.11 bits per heavy atom. The maximum Gasteiger partial charge on any atom is 0.345 e. The van der Waals surface area contributed by atoms with Crippen LogP contribution in [0.3, 0.4) is 0 Å². The molecule has 0 N–H and O–H groups in total. The molecule has 0 heterocycles. The second-order valence-electron chi connectivity index (χ2n) is 5.71. The Balaban J connectivity index is 1.94. The summed E-state index contributed by atoms with van der Waals surface area (Å²) in [5.41, 5.74) is 1.93. The Bertz CT molecular complexity index is 1040. The third kappa shape index (κ3) is 5.10. The van der Waals surface area contributed by atoms with E-state index < -0.39 is 10.2 Å². The van der Waals surface area contributed by atoms with Crippen molar-refractivity contribution in [2.24, 2.45) is 4.40 Å². The van der Waals surface area contributed by atoms with Crippen molar-refractivity contribution in [2.75, 3.05) is 4.31 Å². The number of para-hydroxylation sites is 1. The van der Waals surface area contributed by atoms with Crippen molar-refractivity contribution in [1.82, 2.24) is 0 Å². The van der Waals surface area contributed by atoms with E-state index in [1.54, 1.807) is 42.5 Å². The van der Waals surface area contributed by atoms with Gasteiger partial charge in [-0.1, -0.05) is 77.8 Å². The molecule has 3 rings (SSSR count). The minimum absolute atomic E-state index is 0.173. The van der Waals surface area contributed by atoms with Gasteiger partial charge in [-0.3, -0.25) is 0 Å². The molecule has 0 aliphatic heterocycles. The van der Waals surface area contributed by atoms with E-state index in [0.717, 1.165) is 5.56 Å². The van der Waals surface area contributed by atoms with Gasteiger partial charge in [0.1, 0.15) is 0 Å². The zero-order chi connectivity index (χ0) is 19.3. The highest BCUT2D eigenvalue weighted by molar-refractivity contribution is 7.91. The lowest BCUT2D eigenvalue weighted by Crippen LogP contribution is -2.28. The van der Waals surface area contributed by atoms with Crippen LogP contribution in [0.5, 0.6) is 0 Å². The standard InChI is InChI=1S/C20H16Cl2N2O2S/c21-19-12-11-17(13-20(19)22)14-23-27(25,26)24(18-9-5-2-6-10-18)15-16-7-3-1-4-8-16/h1-14H,15H2/b23-14+. The number of nitrogens with zero attached hydrogens (tertiary/aromatic N) is 2. The normalized spacial score (nSPS) is 11.6. The maximum atomic E-state index is 12.9. The smallest absolute Gasteiger partial charge is 0.248 e. The Morgan fingerprint density at radius 2 is 1.48 bits per heavy atom. The Labute approximate surface area is 168 Å². The number of hydrogen-bond donors (Lipinski definition) is 0. The molecule has 0 spiro atoms. The van der Waals surface area contributed by atoms with Gasteiger partial charge < -0.3 is 0 Å². The zero-order valence-electron chi connectivity index (χ0n) is 14.2. The van der Waals surface area contributed by atoms with E-state index in [0.29, 0.717) is 21.3 Å². The largest absolute Gasteiger partial charge is 0.345 e. The van der Waals surface area contributed by atoms with Gasteiger partial charge in [-0.25, -0.2) is 4.31 Å². The third-order valence-corrected chi connectivity index (χ3v) is 5.78. The summed E-state index contributed by atoms with van der Waals surface area (Å²) in [5, 5.41) is 0.730. The van der Waals surface area contributed by atoms with Gasteiger partial charge in [0.2, 0.25) is 0 Å². The van der Waals surface area contributed by atoms with Gasteiger partial charge >= 0.3 is 10.2 Å². The SMILES string of the molecule is O=S(=O)(/N=C/c1ccc(Cl)c(Cl)c1)N(Cc1ccccc1)c1ccccc1. The first-order valence-electron chi connectivity index (χ1n) is 8.08. The molecule has 0 radical (unpaired) electrons. The summed E-state index contributed by atoms with van der Waals surface area (Å²) in [7, 11) is -3.97. The van der Waals surface area contributed by atoms with Gasteiger partial charge in [-0.15, -0.1) is 0 Å².